The molecule has 122 valence electrons. The smallest absolute Gasteiger partial charge is 0.416 e. The zero-order valence-corrected chi connectivity index (χ0v) is 11.9. The van der Waals surface area contributed by atoms with E-state index in [9.17, 15) is 27.2 Å². The van der Waals surface area contributed by atoms with Crippen molar-refractivity contribution in [3.63, 3.8) is 0 Å². The average Bonchev–Trinajstić information content (AvgIpc) is 2.42. The number of carbonyl (C=O) groups excluding carboxylic acids is 1. The summed E-state index contributed by atoms with van der Waals surface area (Å²) in [6.07, 6.45) is -4.31. The first-order chi connectivity index (χ1) is 10.1. The molecule has 0 radical (unpaired) electrons. The van der Waals surface area contributed by atoms with Crippen molar-refractivity contribution in [2.24, 2.45) is 5.92 Å². The molecule has 2 atom stereocenters. The van der Waals surface area contributed by atoms with Crippen LogP contribution in [0.3, 0.4) is 0 Å². The Labute approximate surface area is 124 Å². The number of alkyl halides is 3. The average molecular weight is 321 g/mol. The Morgan fingerprint density at radius 3 is 2.36 bits per heavy atom. The maximum absolute atomic E-state index is 13.6. The van der Waals surface area contributed by atoms with Crippen LogP contribution in [0.5, 0.6) is 0 Å². The van der Waals surface area contributed by atoms with Crippen molar-refractivity contribution >= 4 is 11.9 Å². The lowest BCUT2D eigenvalue weighted by molar-refractivity contribution is -0.140. The van der Waals surface area contributed by atoms with Gasteiger partial charge in [-0.1, -0.05) is 20.3 Å². The second kappa shape index (κ2) is 6.76. The molecule has 0 aromatic heterocycles. The van der Waals surface area contributed by atoms with Gasteiger partial charge in [0.15, 0.2) is 0 Å². The maximum atomic E-state index is 13.6. The molecule has 0 aliphatic carbocycles. The molecule has 0 aliphatic heterocycles. The quantitative estimate of drug-likeness (QED) is 0.819. The van der Waals surface area contributed by atoms with Gasteiger partial charge >= 0.3 is 12.1 Å². The number of aliphatic carboxylic acids is 1. The van der Waals surface area contributed by atoms with E-state index in [1.54, 1.807) is 13.8 Å². The highest BCUT2D eigenvalue weighted by atomic mass is 19.4. The van der Waals surface area contributed by atoms with E-state index in [0.29, 0.717) is 24.6 Å². The molecule has 4 nitrogen and oxygen atoms in total. The van der Waals surface area contributed by atoms with Crippen LogP contribution in [0, 0.1) is 11.7 Å². The first-order valence-corrected chi connectivity index (χ1v) is 6.48. The third-order valence-electron chi connectivity index (χ3n) is 3.30. The summed E-state index contributed by atoms with van der Waals surface area (Å²) < 4.78 is 51.3. The summed E-state index contributed by atoms with van der Waals surface area (Å²) >= 11 is 0. The van der Waals surface area contributed by atoms with Crippen LogP contribution in [0.4, 0.5) is 17.6 Å². The minimum atomic E-state index is -4.73. The van der Waals surface area contributed by atoms with Gasteiger partial charge < -0.3 is 10.4 Å². The molecule has 8 heteroatoms. The first-order valence-electron chi connectivity index (χ1n) is 6.48. The molecule has 0 bridgehead atoms. The molecular formula is C14H15F4NO3. The summed E-state index contributed by atoms with van der Waals surface area (Å²) in [6.45, 7) is 3.25. The molecule has 0 heterocycles. The molecule has 1 aromatic rings. The van der Waals surface area contributed by atoms with Gasteiger partial charge in [-0.15, -0.1) is 0 Å². The summed E-state index contributed by atoms with van der Waals surface area (Å²) in [5.41, 5.74) is -2.03. The Morgan fingerprint density at radius 1 is 1.32 bits per heavy atom. The van der Waals surface area contributed by atoms with Crippen molar-refractivity contribution in [2.75, 3.05) is 0 Å². The number of halogens is 4. The van der Waals surface area contributed by atoms with E-state index in [1.165, 1.54) is 0 Å². The van der Waals surface area contributed by atoms with E-state index in [4.69, 9.17) is 5.11 Å². The molecule has 2 N–H and O–H groups in total. The Balaban J connectivity index is 3.09. The van der Waals surface area contributed by atoms with Crippen LogP contribution in [0.15, 0.2) is 18.2 Å². The van der Waals surface area contributed by atoms with Crippen LogP contribution in [-0.2, 0) is 11.0 Å². The highest BCUT2D eigenvalue weighted by Gasteiger charge is 2.33. The van der Waals surface area contributed by atoms with Crippen LogP contribution >= 0.6 is 0 Å². The molecule has 0 saturated carbocycles. The van der Waals surface area contributed by atoms with Crippen molar-refractivity contribution in [3.05, 3.63) is 35.1 Å². The van der Waals surface area contributed by atoms with E-state index in [0.717, 1.165) is 0 Å². The minimum absolute atomic E-state index is 0.361. The van der Waals surface area contributed by atoms with Gasteiger partial charge in [-0.3, -0.25) is 4.79 Å². The fourth-order valence-corrected chi connectivity index (χ4v) is 1.78. The Hall–Kier alpha value is -2.12. The maximum Gasteiger partial charge on any atom is 0.416 e. The van der Waals surface area contributed by atoms with Crippen LogP contribution in [0.1, 0.15) is 36.2 Å². The molecular weight excluding hydrogens is 306 g/mol. The van der Waals surface area contributed by atoms with Crippen molar-refractivity contribution < 1.29 is 32.3 Å². The summed E-state index contributed by atoms with van der Waals surface area (Å²) in [4.78, 5) is 23.0. The Bertz CT molecular complexity index is 572. The second-order valence-corrected chi connectivity index (χ2v) is 4.87. The van der Waals surface area contributed by atoms with Crippen molar-refractivity contribution in [3.8, 4) is 0 Å². The normalized spacial score (nSPS) is 14.3. The number of carbonyl (C=O) groups is 2. The van der Waals surface area contributed by atoms with Gasteiger partial charge in [-0.05, 0) is 24.1 Å². The lowest BCUT2D eigenvalue weighted by Crippen LogP contribution is -2.45. The molecule has 0 aliphatic rings. The standard InChI is InChI=1S/C14H15F4NO3/c1-3-7(2)11(13(21)22)19-12(20)9-6-8(14(16,17)18)4-5-10(9)15/h4-7,11H,3H2,1-2H3,(H,19,20)(H,21,22). The minimum Gasteiger partial charge on any atom is -0.480 e. The molecule has 0 spiro atoms. The van der Waals surface area contributed by atoms with Crippen molar-refractivity contribution in [1.82, 2.24) is 5.32 Å². The number of carboxylic acids is 1. The number of nitrogens with one attached hydrogen (secondary N) is 1. The van der Waals surface area contributed by atoms with E-state index in [1.807, 2.05) is 0 Å². The summed E-state index contributed by atoms with van der Waals surface area (Å²) in [6, 6.07) is 0.0818. The molecule has 0 fully saturated rings. The van der Waals surface area contributed by atoms with E-state index in [-0.39, 0.29) is 0 Å². The number of hydrogen-bond donors (Lipinski definition) is 2. The summed E-state index contributed by atoms with van der Waals surface area (Å²) in [5.74, 6) is -4.15. The van der Waals surface area contributed by atoms with Crippen LogP contribution in [0.25, 0.3) is 0 Å². The highest BCUT2D eigenvalue weighted by molar-refractivity contribution is 5.97. The van der Waals surface area contributed by atoms with Gasteiger partial charge in [0, 0.05) is 0 Å². The van der Waals surface area contributed by atoms with Gasteiger partial charge in [0.25, 0.3) is 5.91 Å². The third kappa shape index (κ3) is 4.19. The molecule has 0 saturated heterocycles. The number of hydrogen-bond acceptors (Lipinski definition) is 2. The zero-order valence-electron chi connectivity index (χ0n) is 11.9. The lowest BCUT2D eigenvalue weighted by Gasteiger charge is -2.20. The van der Waals surface area contributed by atoms with E-state index < -0.39 is 47.0 Å². The topological polar surface area (TPSA) is 66.4 Å². The van der Waals surface area contributed by atoms with Crippen LogP contribution in [0.2, 0.25) is 0 Å². The second-order valence-electron chi connectivity index (χ2n) is 4.87. The van der Waals surface area contributed by atoms with E-state index >= 15 is 0 Å². The Kier molecular flexibility index (Phi) is 5.51. The van der Waals surface area contributed by atoms with Gasteiger partial charge in [-0.25, -0.2) is 9.18 Å². The van der Waals surface area contributed by atoms with Crippen LogP contribution in [-0.4, -0.2) is 23.0 Å². The summed E-state index contributed by atoms with van der Waals surface area (Å²) in [5, 5.41) is 11.1. The lowest BCUT2D eigenvalue weighted by atomic mass is 9.98. The molecule has 1 aromatic carbocycles. The number of carboxylic acid groups (broad SMARTS) is 1. The number of rotatable bonds is 5. The highest BCUT2D eigenvalue weighted by Crippen LogP contribution is 2.30. The monoisotopic (exact) mass is 321 g/mol. The summed E-state index contributed by atoms with van der Waals surface area (Å²) in [7, 11) is 0. The predicted octanol–water partition coefficient (Wildman–Crippen LogP) is 3.07. The molecule has 22 heavy (non-hydrogen) atoms. The molecule has 1 amide bonds. The van der Waals surface area contributed by atoms with Gasteiger partial charge in [0.2, 0.25) is 0 Å². The zero-order chi connectivity index (χ0) is 17.1. The van der Waals surface area contributed by atoms with Crippen LogP contribution < -0.4 is 5.32 Å². The molecule has 2 unspecified atom stereocenters. The number of amides is 1. The predicted molar refractivity (Wildman–Crippen MR) is 69.7 cm³/mol. The van der Waals surface area contributed by atoms with Gasteiger partial charge in [0.05, 0.1) is 11.1 Å². The van der Waals surface area contributed by atoms with Gasteiger partial charge in [-0.2, -0.15) is 13.2 Å². The van der Waals surface area contributed by atoms with Gasteiger partial charge in [0.1, 0.15) is 11.9 Å². The molecule has 1 rings (SSSR count). The largest absolute Gasteiger partial charge is 0.480 e. The van der Waals surface area contributed by atoms with Crippen molar-refractivity contribution in [1.29, 1.82) is 0 Å². The fourth-order valence-electron chi connectivity index (χ4n) is 1.78. The van der Waals surface area contributed by atoms with Crippen molar-refractivity contribution in [2.45, 2.75) is 32.5 Å². The third-order valence-corrected chi connectivity index (χ3v) is 3.30. The number of benzene rings is 1. The SMILES string of the molecule is CCC(C)C(NC(=O)c1cc(C(F)(F)F)ccc1F)C(=O)O. The van der Waals surface area contributed by atoms with E-state index in [2.05, 4.69) is 5.32 Å². The first kappa shape index (κ1) is 17.9. The fraction of sp³-hybridized carbons (Fsp3) is 0.429. The Morgan fingerprint density at radius 2 is 1.91 bits per heavy atom.